The van der Waals surface area contributed by atoms with Crippen LogP contribution < -0.4 is 5.73 Å². The Morgan fingerprint density at radius 1 is 1.35 bits per heavy atom. The second-order valence-electron chi connectivity index (χ2n) is 4.00. The summed E-state index contributed by atoms with van der Waals surface area (Å²) in [4.78, 5) is 13.3. The lowest BCUT2D eigenvalue weighted by atomic mass is 10.1. The Morgan fingerprint density at radius 2 is 1.88 bits per heavy atom. The molecule has 0 aromatic heterocycles. The molecule has 94 valence electrons. The van der Waals surface area contributed by atoms with Gasteiger partial charge in [-0.2, -0.15) is 0 Å². The molecule has 0 saturated carbocycles. The number of halogens is 2. The van der Waals surface area contributed by atoms with E-state index in [0.717, 1.165) is 18.2 Å². The summed E-state index contributed by atoms with van der Waals surface area (Å²) in [5, 5.41) is 0. The van der Waals surface area contributed by atoms with Crippen molar-refractivity contribution in [2.24, 2.45) is 5.73 Å². The number of carbonyl (C=O) groups excluding carboxylic acids is 1. The van der Waals surface area contributed by atoms with Gasteiger partial charge in [-0.05, 0) is 32.0 Å². The molecule has 1 rings (SSSR count). The van der Waals surface area contributed by atoms with E-state index in [-0.39, 0.29) is 11.6 Å². The molecule has 1 aromatic rings. The van der Waals surface area contributed by atoms with Gasteiger partial charge >= 0.3 is 0 Å². The van der Waals surface area contributed by atoms with Crippen molar-refractivity contribution in [1.29, 1.82) is 0 Å². The minimum atomic E-state index is -0.756. The van der Waals surface area contributed by atoms with Crippen LogP contribution in [0.15, 0.2) is 18.2 Å². The van der Waals surface area contributed by atoms with Gasteiger partial charge in [0.1, 0.15) is 11.6 Å². The summed E-state index contributed by atoms with van der Waals surface area (Å²) in [6, 6.07) is 2.72. The lowest BCUT2D eigenvalue weighted by Gasteiger charge is -2.24. The topological polar surface area (TPSA) is 46.3 Å². The molecule has 1 unspecified atom stereocenters. The zero-order chi connectivity index (χ0) is 13.0. The number of nitrogens with zero attached hydrogens (tertiary/aromatic N) is 1. The first-order valence-corrected chi connectivity index (χ1v) is 5.39. The molecule has 0 saturated heterocycles. The fraction of sp³-hybridized carbons (Fsp3) is 0.417. The van der Waals surface area contributed by atoms with Crippen molar-refractivity contribution in [2.45, 2.75) is 19.4 Å². The molecule has 1 amide bonds. The Labute approximate surface area is 99.2 Å². The van der Waals surface area contributed by atoms with E-state index in [4.69, 9.17) is 5.73 Å². The minimum absolute atomic E-state index is 0.00821. The SMILES string of the molecule is CC(CCN)N(C)C(=O)c1cc(F)cc(F)c1. The number of amides is 1. The predicted octanol–water partition coefficient (Wildman–Crippen LogP) is 1.77. The Bertz CT molecular complexity index is 389. The Balaban J connectivity index is 2.88. The lowest BCUT2D eigenvalue weighted by Crippen LogP contribution is -2.36. The smallest absolute Gasteiger partial charge is 0.254 e. The van der Waals surface area contributed by atoms with Crippen LogP contribution in [-0.4, -0.2) is 30.4 Å². The molecular weight excluding hydrogens is 226 g/mol. The first-order valence-electron chi connectivity index (χ1n) is 5.39. The first kappa shape index (κ1) is 13.6. The molecule has 1 aromatic carbocycles. The highest BCUT2D eigenvalue weighted by Gasteiger charge is 2.18. The Hall–Kier alpha value is -1.49. The van der Waals surface area contributed by atoms with Crippen LogP contribution in [0.1, 0.15) is 23.7 Å². The van der Waals surface area contributed by atoms with Crippen molar-refractivity contribution in [3.63, 3.8) is 0 Å². The van der Waals surface area contributed by atoms with E-state index in [1.165, 1.54) is 4.90 Å². The maximum atomic E-state index is 13.0. The molecule has 5 heteroatoms. The van der Waals surface area contributed by atoms with Crippen LogP contribution in [0.4, 0.5) is 8.78 Å². The number of carbonyl (C=O) groups is 1. The van der Waals surface area contributed by atoms with Crippen molar-refractivity contribution in [3.8, 4) is 0 Å². The van der Waals surface area contributed by atoms with Crippen LogP contribution in [0.25, 0.3) is 0 Å². The van der Waals surface area contributed by atoms with Crippen molar-refractivity contribution < 1.29 is 13.6 Å². The number of benzene rings is 1. The van der Waals surface area contributed by atoms with Crippen LogP contribution in [0.3, 0.4) is 0 Å². The minimum Gasteiger partial charge on any atom is -0.339 e. The number of hydrogen-bond donors (Lipinski definition) is 1. The van der Waals surface area contributed by atoms with Gasteiger partial charge in [-0.25, -0.2) is 8.78 Å². The second kappa shape index (κ2) is 5.72. The maximum Gasteiger partial charge on any atom is 0.254 e. The molecular formula is C12H16F2N2O. The third kappa shape index (κ3) is 3.49. The molecule has 0 heterocycles. The number of nitrogens with two attached hydrogens (primary N) is 1. The van der Waals surface area contributed by atoms with Crippen LogP contribution in [0.5, 0.6) is 0 Å². The van der Waals surface area contributed by atoms with Gasteiger partial charge in [0, 0.05) is 24.7 Å². The second-order valence-corrected chi connectivity index (χ2v) is 4.00. The van der Waals surface area contributed by atoms with Crippen molar-refractivity contribution in [1.82, 2.24) is 4.90 Å². The monoisotopic (exact) mass is 242 g/mol. The Morgan fingerprint density at radius 3 is 2.35 bits per heavy atom. The number of rotatable bonds is 4. The summed E-state index contributed by atoms with van der Waals surface area (Å²) in [7, 11) is 1.59. The largest absolute Gasteiger partial charge is 0.339 e. The normalized spacial score (nSPS) is 12.3. The van der Waals surface area contributed by atoms with Crippen molar-refractivity contribution >= 4 is 5.91 Å². The summed E-state index contributed by atoms with van der Waals surface area (Å²) in [6.45, 7) is 2.29. The lowest BCUT2D eigenvalue weighted by molar-refractivity contribution is 0.0738. The highest BCUT2D eigenvalue weighted by atomic mass is 19.1. The summed E-state index contributed by atoms with van der Waals surface area (Å²) in [5.74, 6) is -1.93. The van der Waals surface area contributed by atoms with Crippen LogP contribution in [-0.2, 0) is 0 Å². The van der Waals surface area contributed by atoms with Gasteiger partial charge in [-0.1, -0.05) is 0 Å². The number of hydrogen-bond acceptors (Lipinski definition) is 2. The van der Waals surface area contributed by atoms with Crippen LogP contribution in [0.2, 0.25) is 0 Å². The first-order chi connectivity index (χ1) is 7.95. The van der Waals surface area contributed by atoms with Gasteiger partial charge < -0.3 is 10.6 Å². The van der Waals surface area contributed by atoms with E-state index < -0.39 is 17.5 Å². The molecule has 0 bridgehead atoms. The molecule has 0 aliphatic rings. The standard InChI is InChI=1S/C12H16F2N2O/c1-8(3-4-15)16(2)12(17)9-5-10(13)7-11(14)6-9/h5-8H,3-4,15H2,1-2H3. The van der Waals surface area contributed by atoms with Gasteiger partial charge in [0.15, 0.2) is 0 Å². The third-order valence-corrected chi connectivity index (χ3v) is 2.68. The molecule has 2 N–H and O–H groups in total. The summed E-state index contributed by atoms with van der Waals surface area (Å²) in [5.41, 5.74) is 5.40. The molecule has 0 spiro atoms. The summed E-state index contributed by atoms with van der Waals surface area (Å²) >= 11 is 0. The zero-order valence-electron chi connectivity index (χ0n) is 9.91. The fourth-order valence-corrected chi connectivity index (χ4v) is 1.52. The van der Waals surface area contributed by atoms with Gasteiger partial charge in [0.2, 0.25) is 0 Å². The van der Waals surface area contributed by atoms with Gasteiger partial charge in [0.25, 0.3) is 5.91 Å². The zero-order valence-corrected chi connectivity index (χ0v) is 9.91. The summed E-state index contributed by atoms with van der Waals surface area (Å²) < 4.78 is 25.9. The van der Waals surface area contributed by atoms with Crippen LogP contribution in [0, 0.1) is 11.6 Å². The van der Waals surface area contributed by atoms with Crippen molar-refractivity contribution in [2.75, 3.05) is 13.6 Å². The highest BCUT2D eigenvalue weighted by molar-refractivity contribution is 5.94. The molecule has 3 nitrogen and oxygen atoms in total. The van der Waals surface area contributed by atoms with E-state index in [9.17, 15) is 13.6 Å². The van der Waals surface area contributed by atoms with Gasteiger partial charge in [-0.15, -0.1) is 0 Å². The molecule has 1 atom stereocenters. The average Bonchev–Trinajstić information content (AvgIpc) is 2.26. The molecule has 0 aliphatic heterocycles. The van der Waals surface area contributed by atoms with Crippen LogP contribution >= 0.6 is 0 Å². The molecule has 0 radical (unpaired) electrons. The summed E-state index contributed by atoms with van der Waals surface area (Å²) in [6.07, 6.45) is 0.639. The molecule has 0 fully saturated rings. The van der Waals surface area contributed by atoms with Crippen molar-refractivity contribution in [3.05, 3.63) is 35.4 Å². The van der Waals surface area contributed by atoms with Gasteiger partial charge in [-0.3, -0.25) is 4.79 Å². The third-order valence-electron chi connectivity index (χ3n) is 2.68. The predicted molar refractivity (Wildman–Crippen MR) is 61.6 cm³/mol. The average molecular weight is 242 g/mol. The van der Waals surface area contributed by atoms with E-state index in [0.29, 0.717) is 13.0 Å². The quantitative estimate of drug-likeness (QED) is 0.874. The highest BCUT2D eigenvalue weighted by Crippen LogP contribution is 2.12. The van der Waals surface area contributed by atoms with E-state index >= 15 is 0 Å². The molecule has 0 aliphatic carbocycles. The Kier molecular flexibility index (Phi) is 4.57. The van der Waals surface area contributed by atoms with Gasteiger partial charge in [0.05, 0.1) is 0 Å². The molecule has 17 heavy (non-hydrogen) atoms. The van der Waals surface area contributed by atoms with E-state index in [1.807, 2.05) is 6.92 Å². The maximum absolute atomic E-state index is 13.0. The van der Waals surface area contributed by atoms with E-state index in [1.54, 1.807) is 7.05 Å². The fourth-order valence-electron chi connectivity index (χ4n) is 1.52. The van der Waals surface area contributed by atoms with E-state index in [2.05, 4.69) is 0 Å².